The number of carbonyl (C=O) groups is 1. The molecule has 138 valence electrons. The van der Waals surface area contributed by atoms with Crippen LogP contribution in [0.3, 0.4) is 0 Å². The molecule has 0 saturated carbocycles. The standard InChI is InChI=1S/C24H19NO3/c26-20-13-11-18(12-14-20)22-16-28-23(27)25(22)24(19-9-5-2-6-10-19)15-21(24)17-7-3-1-4-8-17/h1-15,22,26H,16H2/t22-,24+/m0/s1. The first kappa shape index (κ1) is 16.6. The molecular formula is C24H19NO3. The molecule has 0 spiro atoms. The second-order valence-electron chi connectivity index (χ2n) is 7.11. The van der Waals surface area contributed by atoms with E-state index in [0.717, 1.165) is 22.3 Å². The highest BCUT2D eigenvalue weighted by Crippen LogP contribution is 2.58. The van der Waals surface area contributed by atoms with E-state index in [4.69, 9.17) is 4.74 Å². The lowest BCUT2D eigenvalue weighted by Gasteiger charge is -2.33. The Morgan fingerprint density at radius 3 is 2.21 bits per heavy atom. The topological polar surface area (TPSA) is 49.8 Å². The molecule has 2 atom stereocenters. The van der Waals surface area contributed by atoms with Gasteiger partial charge in [-0.2, -0.15) is 0 Å². The van der Waals surface area contributed by atoms with Crippen molar-refractivity contribution in [3.8, 4) is 5.75 Å². The molecule has 1 fully saturated rings. The van der Waals surface area contributed by atoms with Crippen LogP contribution in [0.25, 0.3) is 5.57 Å². The van der Waals surface area contributed by atoms with Gasteiger partial charge in [0.1, 0.15) is 17.9 Å². The third-order valence-electron chi connectivity index (χ3n) is 5.51. The Balaban J connectivity index is 1.61. The number of ether oxygens (including phenoxy) is 1. The summed E-state index contributed by atoms with van der Waals surface area (Å²) in [4.78, 5) is 14.7. The molecule has 4 nitrogen and oxygen atoms in total. The van der Waals surface area contributed by atoms with E-state index < -0.39 is 5.54 Å². The van der Waals surface area contributed by atoms with Gasteiger partial charge in [-0.15, -0.1) is 0 Å². The quantitative estimate of drug-likeness (QED) is 0.713. The van der Waals surface area contributed by atoms with E-state index in [9.17, 15) is 9.90 Å². The van der Waals surface area contributed by atoms with Crippen LogP contribution in [0.5, 0.6) is 5.75 Å². The largest absolute Gasteiger partial charge is 0.508 e. The number of hydrogen-bond donors (Lipinski definition) is 1. The second kappa shape index (κ2) is 6.27. The van der Waals surface area contributed by atoms with Crippen molar-refractivity contribution < 1.29 is 14.6 Å². The van der Waals surface area contributed by atoms with E-state index in [1.54, 1.807) is 12.1 Å². The Kier molecular flexibility index (Phi) is 3.72. The molecule has 1 saturated heterocycles. The average Bonchev–Trinajstić information content (AvgIpc) is 3.38. The molecule has 28 heavy (non-hydrogen) atoms. The predicted molar refractivity (Wildman–Crippen MR) is 107 cm³/mol. The Hall–Kier alpha value is -3.53. The molecule has 2 aliphatic rings. The molecule has 1 aliphatic heterocycles. The molecule has 1 amide bonds. The summed E-state index contributed by atoms with van der Waals surface area (Å²) in [7, 11) is 0. The molecule has 0 bridgehead atoms. The van der Waals surface area contributed by atoms with Crippen molar-refractivity contribution in [2.45, 2.75) is 11.6 Å². The molecule has 1 heterocycles. The SMILES string of the molecule is O=C1OC[C@@H](c2ccc(O)cc2)N1[C@@]1(c2ccccc2)C=C1c1ccccc1. The summed E-state index contributed by atoms with van der Waals surface area (Å²) in [6, 6.07) is 26.9. The van der Waals surface area contributed by atoms with E-state index in [0.29, 0.717) is 0 Å². The van der Waals surface area contributed by atoms with Crippen LogP contribution in [0, 0.1) is 0 Å². The minimum atomic E-state index is -0.626. The van der Waals surface area contributed by atoms with E-state index in [-0.39, 0.29) is 24.5 Å². The lowest BCUT2D eigenvalue weighted by molar-refractivity contribution is 0.144. The summed E-state index contributed by atoms with van der Waals surface area (Å²) in [5, 5.41) is 9.64. The number of nitrogens with zero attached hydrogens (tertiary/aromatic N) is 1. The highest BCUT2D eigenvalue weighted by molar-refractivity contribution is 5.94. The van der Waals surface area contributed by atoms with Crippen LogP contribution in [0.15, 0.2) is 91.0 Å². The number of phenols is 1. The third-order valence-corrected chi connectivity index (χ3v) is 5.51. The highest BCUT2D eigenvalue weighted by Gasteiger charge is 2.58. The number of phenolic OH excluding ortho intramolecular Hbond substituents is 1. The van der Waals surface area contributed by atoms with Crippen LogP contribution in [0.2, 0.25) is 0 Å². The Morgan fingerprint density at radius 2 is 1.54 bits per heavy atom. The summed E-state index contributed by atoms with van der Waals surface area (Å²) in [6.07, 6.45) is 1.81. The van der Waals surface area contributed by atoms with Gasteiger partial charge in [0, 0.05) is 0 Å². The van der Waals surface area contributed by atoms with Gasteiger partial charge in [-0.25, -0.2) is 4.79 Å². The molecule has 1 aliphatic carbocycles. The maximum atomic E-state index is 12.9. The van der Waals surface area contributed by atoms with E-state index in [1.807, 2.05) is 65.6 Å². The van der Waals surface area contributed by atoms with Crippen LogP contribution in [0.1, 0.15) is 22.7 Å². The van der Waals surface area contributed by atoms with Crippen molar-refractivity contribution in [1.82, 2.24) is 4.90 Å². The van der Waals surface area contributed by atoms with Gasteiger partial charge in [0.2, 0.25) is 0 Å². The molecule has 0 aromatic heterocycles. The van der Waals surface area contributed by atoms with Crippen molar-refractivity contribution in [2.24, 2.45) is 0 Å². The number of benzene rings is 3. The van der Waals surface area contributed by atoms with Crippen LogP contribution < -0.4 is 0 Å². The molecule has 4 heteroatoms. The zero-order valence-corrected chi connectivity index (χ0v) is 15.2. The maximum Gasteiger partial charge on any atom is 0.411 e. The fourth-order valence-electron chi connectivity index (χ4n) is 4.12. The lowest BCUT2D eigenvalue weighted by atomic mass is 9.92. The average molecular weight is 369 g/mol. The van der Waals surface area contributed by atoms with Crippen molar-refractivity contribution in [3.63, 3.8) is 0 Å². The summed E-state index contributed by atoms with van der Waals surface area (Å²) < 4.78 is 5.49. The zero-order valence-electron chi connectivity index (χ0n) is 15.2. The molecule has 3 aromatic rings. The Bertz CT molecular complexity index is 1040. The van der Waals surface area contributed by atoms with E-state index in [1.165, 1.54) is 0 Å². The Morgan fingerprint density at radius 1 is 0.893 bits per heavy atom. The van der Waals surface area contributed by atoms with Crippen LogP contribution in [-0.4, -0.2) is 22.7 Å². The normalized spacial score (nSPS) is 23.3. The minimum Gasteiger partial charge on any atom is -0.508 e. The summed E-state index contributed by atoms with van der Waals surface area (Å²) in [5.74, 6) is 0.202. The summed E-state index contributed by atoms with van der Waals surface area (Å²) >= 11 is 0. The first-order valence-electron chi connectivity index (χ1n) is 9.29. The number of rotatable bonds is 4. The Labute approximate surface area is 163 Å². The van der Waals surface area contributed by atoms with Gasteiger partial charge < -0.3 is 9.84 Å². The number of aromatic hydroxyl groups is 1. The first-order chi connectivity index (χ1) is 13.7. The van der Waals surface area contributed by atoms with E-state index in [2.05, 4.69) is 18.2 Å². The molecule has 3 aromatic carbocycles. The van der Waals surface area contributed by atoms with Crippen molar-refractivity contribution in [3.05, 3.63) is 108 Å². The number of carbonyl (C=O) groups excluding carboxylic acids is 1. The minimum absolute atomic E-state index is 0.202. The van der Waals surface area contributed by atoms with Gasteiger partial charge in [0.15, 0.2) is 0 Å². The fraction of sp³-hybridized carbons (Fsp3) is 0.125. The smallest absolute Gasteiger partial charge is 0.411 e. The van der Waals surface area contributed by atoms with Gasteiger partial charge in [0.25, 0.3) is 0 Å². The molecule has 5 rings (SSSR count). The summed E-state index contributed by atoms with van der Waals surface area (Å²) in [6.45, 7) is 0.286. The van der Waals surface area contributed by atoms with Gasteiger partial charge in [0.05, 0.1) is 6.04 Å². The van der Waals surface area contributed by atoms with Gasteiger partial charge in [-0.05, 0) is 40.5 Å². The third kappa shape index (κ3) is 2.49. The second-order valence-corrected chi connectivity index (χ2v) is 7.11. The van der Waals surface area contributed by atoms with Gasteiger partial charge in [-0.3, -0.25) is 4.90 Å². The van der Waals surface area contributed by atoms with Gasteiger partial charge in [-0.1, -0.05) is 72.8 Å². The molecule has 0 radical (unpaired) electrons. The number of amides is 1. The van der Waals surface area contributed by atoms with E-state index >= 15 is 0 Å². The lowest BCUT2D eigenvalue weighted by Crippen LogP contribution is -2.40. The maximum absolute atomic E-state index is 12.9. The predicted octanol–water partition coefficient (Wildman–Crippen LogP) is 4.88. The summed E-state index contributed by atoms with van der Waals surface area (Å²) in [5.41, 5.74) is 3.54. The molecule has 0 unspecified atom stereocenters. The number of hydrogen-bond acceptors (Lipinski definition) is 3. The van der Waals surface area contributed by atoms with Crippen molar-refractivity contribution in [2.75, 3.05) is 6.61 Å². The van der Waals surface area contributed by atoms with Crippen LogP contribution >= 0.6 is 0 Å². The zero-order chi connectivity index (χ0) is 19.1. The first-order valence-corrected chi connectivity index (χ1v) is 9.29. The monoisotopic (exact) mass is 369 g/mol. The van der Waals surface area contributed by atoms with Crippen molar-refractivity contribution in [1.29, 1.82) is 0 Å². The molecule has 1 N–H and O–H groups in total. The number of cyclic esters (lactones) is 1. The van der Waals surface area contributed by atoms with Gasteiger partial charge >= 0.3 is 6.09 Å². The fourth-order valence-corrected chi connectivity index (χ4v) is 4.12. The van der Waals surface area contributed by atoms with Crippen LogP contribution in [0.4, 0.5) is 4.79 Å². The highest BCUT2D eigenvalue weighted by atomic mass is 16.6. The van der Waals surface area contributed by atoms with Crippen LogP contribution in [-0.2, 0) is 10.3 Å². The van der Waals surface area contributed by atoms with Crippen molar-refractivity contribution >= 4 is 11.7 Å². The molecular weight excluding hydrogens is 350 g/mol.